The van der Waals surface area contributed by atoms with Gasteiger partial charge < -0.3 is 49.5 Å². The lowest BCUT2D eigenvalue weighted by molar-refractivity contribution is -0.0644. The van der Waals surface area contributed by atoms with Crippen LogP contribution < -0.4 is 33.7 Å². The number of H-pyrrole nitrogens is 3. The number of rotatable bonds is 14. The molecule has 3 aromatic heterocycles. The molecule has 0 spiro atoms. The van der Waals surface area contributed by atoms with Crippen LogP contribution in [0.3, 0.4) is 0 Å². The zero-order chi connectivity index (χ0) is 44.2. The smallest absolute Gasteiger partial charge is 0.394 e. The first-order valence-electron chi connectivity index (χ1n) is 17.6. The number of aliphatic hydroxyl groups is 5. The molecule has 3 aromatic rings. The molecule has 0 saturated carbocycles. The van der Waals surface area contributed by atoms with Gasteiger partial charge in [-0.15, -0.1) is 0 Å². The van der Waals surface area contributed by atoms with Crippen LogP contribution in [0, 0.1) is 20.8 Å². The summed E-state index contributed by atoms with van der Waals surface area (Å²) >= 11 is 0. The summed E-state index contributed by atoms with van der Waals surface area (Å²) in [6.07, 6.45) is -18.8. The second-order valence-electron chi connectivity index (χ2n) is 13.9. The van der Waals surface area contributed by atoms with Gasteiger partial charge in [-0.1, -0.05) is 0 Å². The fraction of sp³-hybridized carbons (Fsp3) is 0.600. The molecule has 3 aliphatic rings. The Balaban J connectivity index is 1.18. The Labute approximate surface area is 332 Å². The van der Waals surface area contributed by atoms with E-state index < -0.39 is 143 Å². The van der Waals surface area contributed by atoms with Gasteiger partial charge >= 0.3 is 32.7 Å². The van der Waals surface area contributed by atoms with Crippen molar-refractivity contribution < 1.29 is 76.8 Å². The Hall–Kier alpha value is -4.06. The minimum absolute atomic E-state index is 0.0185. The molecule has 0 aliphatic carbocycles. The number of ether oxygens (including phenoxy) is 3. The summed E-state index contributed by atoms with van der Waals surface area (Å²) in [5.74, 6) is 0. The highest BCUT2D eigenvalue weighted by molar-refractivity contribution is 7.47. The molecule has 332 valence electrons. The van der Waals surface area contributed by atoms with Gasteiger partial charge in [-0.3, -0.25) is 61.1 Å². The minimum atomic E-state index is -5.45. The molecule has 14 atom stereocenters. The molecule has 2 unspecified atom stereocenters. The molecule has 30 heteroatoms. The summed E-state index contributed by atoms with van der Waals surface area (Å²) in [7, 11) is -10.9. The van der Waals surface area contributed by atoms with Gasteiger partial charge in [0.2, 0.25) is 0 Å². The number of nitrogens with one attached hydrogen (secondary N) is 3. The van der Waals surface area contributed by atoms with Gasteiger partial charge in [0.15, 0.2) is 18.7 Å². The Morgan fingerprint density at radius 2 is 0.900 bits per heavy atom. The van der Waals surface area contributed by atoms with Gasteiger partial charge in [0.25, 0.3) is 16.7 Å². The van der Waals surface area contributed by atoms with Crippen LogP contribution in [0.2, 0.25) is 0 Å². The van der Waals surface area contributed by atoms with E-state index in [1.165, 1.54) is 20.8 Å². The minimum Gasteiger partial charge on any atom is -0.394 e. The topological polar surface area (TPSA) is 405 Å². The third-order valence-corrected chi connectivity index (χ3v) is 11.7. The molecule has 0 bridgehead atoms. The Morgan fingerprint density at radius 1 is 0.567 bits per heavy atom. The van der Waals surface area contributed by atoms with Crippen molar-refractivity contribution >= 4 is 15.6 Å². The lowest BCUT2D eigenvalue weighted by Crippen LogP contribution is -2.40. The van der Waals surface area contributed by atoms with Gasteiger partial charge in [0, 0.05) is 35.3 Å². The van der Waals surface area contributed by atoms with Crippen LogP contribution in [0.4, 0.5) is 0 Å². The first-order valence-corrected chi connectivity index (χ1v) is 20.6. The summed E-state index contributed by atoms with van der Waals surface area (Å²) in [5.41, 5.74) is -5.49. The van der Waals surface area contributed by atoms with E-state index in [-0.39, 0.29) is 16.7 Å². The van der Waals surface area contributed by atoms with Gasteiger partial charge in [-0.2, -0.15) is 0 Å². The average Bonchev–Trinajstić information content (AvgIpc) is 3.75. The molecule has 3 fully saturated rings. The zero-order valence-electron chi connectivity index (χ0n) is 31.3. The molecule has 0 radical (unpaired) electrons. The Bertz CT molecular complexity index is 2550. The highest BCUT2D eigenvalue weighted by Gasteiger charge is 2.53. The van der Waals surface area contributed by atoms with E-state index in [1.807, 2.05) is 15.0 Å². The SMILES string of the molecule is Cc1cn([C@@H]2O[C@H](COP(=O)(O)O[C@H]3[C@@H](O)[C@H](n4cc(C)c(=O)[nH]c4=O)O[C@@H]3COP(=O)(O)O[C@H]3[C@@H](O)[C@H](n4cc(C)c(=O)[nH]c4=O)O[C@@H]3CO)[C@@H](O)[C@H]2O)c(=O)[nH]c1=O. The van der Waals surface area contributed by atoms with Crippen LogP contribution >= 0.6 is 15.6 Å². The molecule has 10 N–H and O–H groups in total. The Morgan fingerprint density at radius 3 is 1.30 bits per heavy atom. The summed E-state index contributed by atoms with van der Waals surface area (Å²) < 4.78 is 65.7. The van der Waals surface area contributed by atoms with Gasteiger partial charge in [0.1, 0.15) is 54.9 Å². The van der Waals surface area contributed by atoms with Crippen molar-refractivity contribution in [3.63, 3.8) is 0 Å². The maximum atomic E-state index is 13.3. The molecule has 6 heterocycles. The molecule has 3 saturated heterocycles. The predicted molar refractivity (Wildman–Crippen MR) is 192 cm³/mol. The zero-order valence-corrected chi connectivity index (χ0v) is 33.1. The standard InChI is InChI=1S/C30H40N6O22P2/c1-10-4-34(28(45)31-22(10)42)25-17(39)16(38)14(55-25)8-52-59(48,49)58-21-15(56-27(19(21)41)36-6-12(3)24(44)33-30(36)47)9-53-60(50,51)57-20-13(7-37)54-26(18(20)40)35-5-11(2)23(43)32-29(35)46/h4-6,13-21,25-27,37-41H,7-9H2,1-3H3,(H,48,49)(H,50,51)(H,31,42,45)(H,32,43,46)(H,33,44,47)/t13-,14-,15-,16-,17-,18-,19-,20-,21-,25-,26-,27-/m1/s1. The van der Waals surface area contributed by atoms with Crippen LogP contribution in [-0.2, 0) is 41.4 Å². The van der Waals surface area contributed by atoms with E-state index in [2.05, 4.69) is 0 Å². The number of aromatic amines is 3. The average molecular weight is 899 g/mol. The van der Waals surface area contributed by atoms with E-state index in [1.54, 1.807) is 0 Å². The molecule has 3 aliphatic heterocycles. The number of phosphoric acid groups is 2. The molecule has 60 heavy (non-hydrogen) atoms. The van der Waals surface area contributed by atoms with Crippen molar-refractivity contribution in [2.45, 2.75) is 94.4 Å². The maximum Gasteiger partial charge on any atom is 0.472 e. The quantitative estimate of drug-likeness (QED) is 0.0676. The molecular formula is C30H40N6O22P2. The van der Waals surface area contributed by atoms with Gasteiger partial charge in [-0.25, -0.2) is 23.5 Å². The van der Waals surface area contributed by atoms with Gasteiger partial charge in [0.05, 0.1) is 19.8 Å². The summed E-state index contributed by atoms with van der Waals surface area (Å²) in [4.78, 5) is 101. The number of aryl methyl sites for hydroxylation is 3. The maximum absolute atomic E-state index is 13.3. The molecular weight excluding hydrogens is 858 g/mol. The first-order chi connectivity index (χ1) is 28.0. The lowest BCUT2D eigenvalue weighted by Gasteiger charge is -2.25. The summed E-state index contributed by atoms with van der Waals surface area (Å²) in [5, 5.41) is 53.3. The largest absolute Gasteiger partial charge is 0.472 e. The van der Waals surface area contributed by atoms with Crippen molar-refractivity contribution in [3.8, 4) is 0 Å². The molecule has 28 nitrogen and oxygen atoms in total. The summed E-state index contributed by atoms with van der Waals surface area (Å²) in [6, 6.07) is 0. The van der Waals surface area contributed by atoms with Crippen molar-refractivity contribution in [2.24, 2.45) is 0 Å². The van der Waals surface area contributed by atoms with Crippen molar-refractivity contribution in [1.82, 2.24) is 28.7 Å². The second kappa shape index (κ2) is 17.4. The van der Waals surface area contributed by atoms with Crippen molar-refractivity contribution in [3.05, 3.63) is 97.8 Å². The number of aromatic nitrogens is 6. The second-order valence-corrected chi connectivity index (χ2v) is 16.8. The van der Waals surface area contributed by atoms with E-state index >= 15 is 0 Å². The van der Waals surface area contributed by atoms with Crippen LogP contribution in [0.5, 0.6) is 0 Å². The van der Waals surface area contributed by atoms with Crippen molar-refractivity contribution in [2.75, 3.05) is 19.8 Å². The van der Waals surface area contributed by atoms with Crippen LogP contribution in [0.15, 0.2) is 47.4 Å². The highest BCUT2D eigenvalue weighted by atomic mass is 31.2. The van der Waals surface area contributed by atoms with Gasteiger partial charge in [-0.05, 0) is 20.8 Å². The number of aliphatic hydroxyl groups excluding tert-OH is 5. The predicted octanol–water partition coefficient (Wildman–Crippen LogP) is -5.31. The normalized spacial score (nSPS) is 32.6. The Kier molecular flexibility index (Phi) is 13.2. The molecule has 0 amide bonds. The number of phosphoric ester groups is 2. The lowest BCUT2D eigenvalue weighted by atomic mass is 10.1. The van der Waals surface area contributed by atoms with Crippen LogP contribution in [0.25, 0.3) is 0 Å². The summed E-state index contributed by atoms with van der Waals surface area (Å²) in [6.45, 7) is 0.852. The molecule has 0 aromatic carbocycles. The highest BCUT2D eigenvalue weighted by Crippen LogP contribution is 2.52. The fourth-order valence-corrected chi connectivity index (χ4v) is 8.49. The van der Waals surface area contributed by atoms with Crippen LogP contribution in [-0.4, -0.2) is 139 Å². The van der Waals surface area contributed by atoms with E-state index in [4.69, 9.17) is 32.3 Å². The number of hydrogen-bond acceptors (Lipinski definition) is 20. The molecule has 6 rings (SSSR count). The van der Waals surface area contributed by atoms with E-state index in [9.17, 15) is 73.2 Å². The van der Waals surface area contributed by atoms with E-state index in [0.717, 1.165) is 27.7 Å². The third kappa shape index (κ3) is 9.24. The monoisotopic (exact) mass is 898 g/mol. The van der Waals surface area contributed by atoms with Crippen molar-refractivity contribution in [1.29, 1.82) is 0 Å². The first kappa shape index (κ1) is 45.5. The van der Waals surface area contributed by atoms with Crippen LogP contribution in [0.1, 0.15) is 35.4 Å². The number of hydrogen-bond donors (Lipinski definition) is 10. The number of nitrogens with zero attached hydrogens (tertiary/aromatic N) is 3. The van der Waals surface area contributed by atoms with E-state index in [0.29, 0.717) is 4.57 Å². The fourth-order valence-electron chi connectivity index (χ4n) is 6.57. The third-order valence-electron chi connectivity index (χ3n) is 9.71.